The van der Waals surface area contributed by atoms with E-state index in [4.69, 9.17) is 0 Å². The van der Waals surface area contributed by atoms with Crippen LogP contribution in [-0.2, 0) is 0 Å². The first-order valence-electron chi connectivity index (χ1n) is 6.36. The maximum Gasteiger partial charge on any atom is 0.139 e. The lowest BCUT2D eigenvalue weighted by Gasteiger charge is -2.01. The van der Waals surface area contributed by atoms with Crippen molar-refractivity contribution in [3.63, 3.8) is 0 Å². The molecule has 4 heteroatoms. The molecular weight excluding hydrogens is 314 g/mol. The number of rotatable bonds is 3. The van der Waals surface area contributed by atoms with E-state index < -0.39 is 0 Å². The number of aromatic nitrogens is 2. The van der Waals surface area contributed by atoms with Crippen molar-refractivity contribution in [2.45, 2.75) is 0 Å². The van der Waals surface area contributed by atoms with Crippen LogP contribution >= 0.6 is 15.9 Å². The van der Waals surface area contributed by atoms with Gasteiger partial charge in [0.15, 0.2) is 0 Å². The summed E-state index contributed by atoms with van der Waals surface area (Å²) >= 11 is 3.49. The second kappa shape index (κ2) is 5.51. The molecule has 0 fully saturated rings. The third kappa shape index (κ3) is 2.47. The standard InChI is InChI=1S/C16H14BrN3/c1-18-16-14(9-7-12-5-3-2-4-6-12)19-15-10-8-13(17)11-20(15)16/h2-11,18H,1H3. The van der Waals surface area contributed by atoms with Gasteiger partial charge in [-0.3, -0.25) is 4.40 Å². The third-order valence-corrected chi connectivity index (χ3v) is 3.55. The molecule has 0 radical (unpaired) electrons. The van der Waals surface area contributed by atoms with E-state index in [0.717, 1.165) is 27.2 Å². The molecule has 0 atom stereocenters. The first kappa shape index (κ1) is 12.9. The number of benzene rings is 1. The van der Waals surface area contributed by atoms with E-state index in [0.29, 0.717) is 0 Å². The number of imidazole rings is 1. The Morgan fingerprint density at radius 3 is 2.65 bits per heavy atom. The Morgan fingerprint density at radius 2 is 1.90 bits per heavy atom. The van der Waals surface area contributed by atoms with Gasteiger partial charge in [0.25, 0.3) is 0 Å². The molecule has 0 amide bonds. The monoisotopic (exact) mass is 327 g/mol. The van der Waals surface area contributed by atoms with E-state index in [-0.39, 0.29) is 0 Å². The minimum absolute atomic E-state index is 0.922. The zero-order valence-corrected chi connectivity index (χ0v) is 12.6. The van der Waals surface area contributed by atoms with Gasteiger partial charge in [-0.25, -0.2) is 4.98 Å². The minimum Gasteiger partial charge on any atom is -0.372 e. The van der Waals surface area contributed by atoms with E-state index in [1.165, 1.54) is 0 Å². The van der Waals surface area contributed by atoms with Crippen LogP contribution in [-0.4, -0.2) is 16.4 Å². The number of pyridine rings is 1. The number of hydrogen-bond donors (Lipinski definition) is 1. The van der Waals surface area contributed by atoms with Gasteiger partial charge in [0.1, 0.15) is 17.2 Å². The van der Waals surface area contributed by atoms with Crippen molar-refractivity contribution < 1.29 is 0 Å². The summed E-state index contributed by atoms with van der Waals surface area (Å²) in [5.41, 5.74) is 3.01. The van der Waals surface area contributed by atoms with Crippen LogP contribution in [0.4, 0.5) is 5.82 Å². The predicted octanol–water partition coefficient (Wildman–Crippen LogP) is 4.31. The van der Waals surface area contributed by atoms with Gasteiger partial charge in [-0.2, -0.15) is 0 Å². The number of fused-ring (bicyclic) bond motifs is 1. The van der Waals surface area contributed by atoms with Crippen molar-refractivity contribution in [2.75, 3.05) is 12.4 Å². The van der Waals surface area contributed by atoms with Crippen molar-refractivity contribution in [1.29, 1.82) is 0 Å². The van der Waals surface area contributed by atoms with Crippen LogP contribution in [0.1, 0.15) is 11.3 Å². The summed E-state index contributed by atoms with van der Waals surface area (Å²) in [6.07, 6.45) is 6.10. The molecule has 1 N–H and O–H groups in total. The van der Waals surface area contributed by atoms with E-state index in [1.54, 1.807) is 0 Å². The summed E-state index contributed by atoms with van der Waals surface area (Å²) in [5, 5.41) is 3.21. The number of hydrogen-bond acceptors (Lipinski definition) is 2. The first-order chi connectivity index (χ1) is 9.78. The molecule has 2 aromatic heterocycles. The molecule has 0 aliphatic carbocycles. The van der Waals surface area contributed by atoms with Crippen molar-refractivity contribution in [3.8, 4) is 0 Å². The van der Waals surface area contributed by atoms with E-state index >= 15 is 0 Å². The van der Waals surface area contributed by atoms with Gasteiger partial charge in [0.05, 0.1) is 0 Å². The van der Waals surface area contributed by atoms with Crippen LogP contribution in [0.2, 0.25) is 0 Å². The Hall–Kier alpha value is -2.07. The summed E-state index contributed by atoms with van der Waals surface area (Å²) < 4.78 is 3.06. The van der Waals surface area contributed by atoms with E-state index in [9.17, 15) is 0 Å². The lowest BCUT2D eigenvalue weighted by Crippen LogP contribution is -1.95. The number of anilines is 1. The Labute approximate surface area is 126 Å². The SMILES string of the molecule is CNc1c(C=Cc2ccccc2)nc2ccc(Br)cn12. The quantitative estimate of drug-likeness (QED) is 0.776. The molecule has 3 rings (SSSR count). The van der Waals surface area contributed by atoms with Crippen LogP contribution in [0.15, 0.2) is 53.1 Å². The Bertz CT molecular complexity index is 760. The highest BCUT2D eigenvalue weighted by molar-refractivity contribution is 9.10. The van der Waals surface area contributed by atoms with Crippen molar-refractivity contribution >= 4 is 39.5 Å². The first-order valence-corrected chi connectivity index (χ1v) is 7.16. The van der Waals surface area contributed by atoms with Gasteiger partial charge in [-0.15, -0.1) is 0 Å². The fourth-order valence-corrected chi connectivity index (χ4v) is 2.48. The van der Waals surface area contributed by atoms with E-state index in [2.05, 4.69) is 44.4 Å². The molecule has 20 heavy (non-hydrogen) atoms. The van der Waals surface area contributed by atoms with Crippen LogP contribution in [0.5, 0.6) is 0 Å². The Kier molecular flexibility index (Phi) is 3.56. The van der Waals surface area contributed by atoms with Gasteiger partial charge in [0, 0.05) is 17.7 Å². The van der Waals surface area contributed by atoms with Gasteiger partial charge in [-0.1, -0.05) is 36.4 Å². The number of nitrogens with one attached hydrogen (secondary N) is 1. The summed E-state index contributed by atoms with van der Waals surface area (Å²) in [6, 6.07) is 14.2. The van der Waals surface area contributed by atoms with Gasteiger partial charge in [-0.05, 0) is 39.7 Å². The molecule has 0 saturated heterocycles. The average molecular weight is 328 g/mol. The zero-order chi connectivity index (χ0) is 13.9. The molecule has 0 aliphatic heterocycles. The highest BCUT2D eigenvalue weighted by Gasteiger charge is 2.08. The maximum atomic E-state index is 4.63. The lowest BCUT2D eigenvalue weighted by molar-refractivity contribution is 1.16. The topological polar surface area (TPSA) is 29.3 Å². The van der Waals surface area contributed by atoms with Gasteiger partial charge in [0.2, 0.25) is 0 Å². The third-order valence-electron chi connectivity index (χ3n) is 3.08. The summed E-state index contributed by atoms with van der Waals surface area (Å²) in [4.78, 5) is 4.63. The Balaban J connectivity index is 2.05. The molecule has 100 valence electrons. The average Bonchev–Trinajstić information content (AvgIpc) is 2.83. The molecule has 3 nitrogen and oxygen atoms in total. The molecule has 2 heterocycles. The fraction of sp³-hybridized carbons (Fsp3) is 0.0625. The highest BCUT2D eigenvalue weighted by atomic mass is 79.9. The normalized spacial score (nSPS) is 11.3. The molecule has 3 aromatic rings. The summed E-state index contributed by atoms with van der Waals surface area (Å²) in [6.45, 7) is 0. The highest BCUT2D eigenvalue weighted by Crippen LogP contribution is 2.22. The second-order valence-corrected chi connectivity index (χ2v) is 5.33. The molecule has 0 unspecified atom stereocenters. The molecule has 0 saturated carbocycles. The Morgan fingerprint density at radius 1 is 1.10 bits per heavy atom. The smallest absolute Gasteiger partial charge is 0.139 e. The lowest BCUT2D eigenvalue weighted by atomic mass is 10.2. The maximum absolute atomic E-state index is 4.63. The predicted molar refractivity (Wildman–Crippen MR) is 87.8 cm³/mol. The van der Waals surface area contributed by atoms with Crippen molar-refractivity contribution in [2.24, 2.45) is 0 Å². The molecule has 0 bridgehead atoms. The van der Waals surface area contributed by atoms with E-state index in [1.807, 2.05) is 54.1 Å². The van der Waals surface area contributed by atoms with Crippen LogP contribution in [0.3, 0.4) is 0 Å². The number of nitrogens with zero attached hydrogens (tertiary/aromatic N) is 2. The van der Waals surface area contributed by atoms with Gasteiger partial charge >= 0.3 is 0 Å². The minimum atomic E-state index is 0.922. The fourth-order valence-electron chi connectivity index (χ4n) is 2.14. The molecular formula is C16H14BrN3. The van der Waals surface area contributed by atoms with Crippen molar-refractivity contribution in [1.82, 2.24) is 9.38 Å². The van der Waals surface area contributed by atoms with Crippen LogP contribution in [0.25, 0.3) is 17.8 Å². The van der Waals surface area contributed by atoms with Gasteiger partial charge < -0.3 is 5.32 Å². The van der Waals surface area contributed by atoms with Crippen molar-refractivity contribution in [3.05, 3.63) is 64.4 Å². The van der Waals surface area contributed by atoms with Crippen LogP contribution in [0, 0.1) is 0 Å². The second-order valence-electron chi connectivity index (χ2n) is 4.42. The summed E-state index contributed by atoms with van der Waals surface area (Å²) in [7, 11) is 1.91. The molecule has 1 aromatic carbocycles. The summed E-state index contributed by atoms with van der Waals surface area (Å²) in [5.74, 6) is 0.980. The number of halogens is 1. The largest absolute Gasteiger partial charge is 0.372 e. The zero-order valence-electron chi connectivity index (χ0n) is 11.0. The van der Waals surface area contributed by atoms with Crippen LogP contribution < -0.4 is 5.32 Å². The molecule has 0 aliphatic rings. The molecule has 0 spiro atoms.